The highest BCUT2D eigenvalue weighted by atomic mass is 16.6. The summed E-state index contributed by atoms with van der Waals surface area (Å²) in [6.45, 7) is 1.04. The standard InChI is InChI=1S/C11H14N2O4/c1-16-11(15)9-7-13(5-6-17-9)10(14)8-3-2-4-12-8/h2-4,9,12H,5-7H2,1H3. The van der Waals surface area contributed by atoms with Crippen LogP contribution in [0, 0.1) is 0 Å². The summed E-state index contributed by atoms with van der Waals surface area (Å²) in [5, 5.41) is 0. The average Bonchev–Trinajstić information content (AvgIpc) is 2.91. The predicted octanol–water partition coefficient (Wildman–Crippen LogP) is 0.0287. The van der Waals surface area contributed by atoms with Gasteiger partial charge in [0, 0.05) is 12.7 Å². The molecule has 1 unspecified atom stereocenters. The van der Waals surface area contributed by atoms with Gasteiger partial charge in [-0.25, -0.2) is 4.79 Å². The Kier molecular flexibility index (Phi) is 3.43. The molecule has 0 spiro atoms. The number of amides is 1. The van der Waals surface area contributed by atoms with Crippen molar-refractivity contribution in [2.45, 2.75) is 6.10 Å². The summed E-state index contributed by atoms with van der Waals surface area (Å²) in [7, 11) is 1.30. The molecule has 2 rings (SSSR count). The molecule has 1 aromatic heterocycles. The number of rotatable bonds is 2. The monoisotopic (exact) mass is 238 g/mol. The van der Waals surface area contributed by atoms with Crippen molar-refractivity contribution in [3.63, 3.8) is 0 Å². The number of methoxy groups -OCH3 is 1. The van der Waals surface area contributed by atoms with E-state index >= 15 is 0 Å². The maximum Gasteiger partial charge on any atom is 0.336 e. The number of carbonyl (C=O) groups excluding carboxylic acids is 2. The molecule has 17 heavy (non-hydrogen) atoms. The zero-order chi connectivity index (χ0) is 12.3. The lowest BCUT2D eigenvalue weighted by atomic mass is 10.2. The second-order valence-corrected chi connectivity index (χ2v) is 3.72. The number of nitrogens with zero attached hydrogens (tertiary/aromatic N) is 1. The number of hydrogen-bond donors (Lipinski definition) is 1. The van der Waals surface area contributed by atoms with E-state index < -0.39 is 12.1 Å². The molecular weight excluding hydrogens is 224 g/mol. The number of nitrogens with one attached hydrogen (secondary N) is 1. The van der Waals surface area contributed by atoms with Gasteiger partial charge in [-0.05, 0) is 12.1 Å². The molecule has 92 valence electrons. The summed E-state index contributed by atoms with van der Waals surface area (Å²) in [4.78, 5) is 27.8. The Balaban J connectivity index is 2.02. The number of esters is 1. The van der Waals surface area contributed by atoms with E-state index in [9.17, 15) is 9.59 Å². The highest BCUT2D eigenvalue weighted by Gasteiger charge is 2.30. The minimum Gasteiger partial charge on any atom is -0.467 e. The lowest BCUT2D eigenvalue weighted by molar-refractivity contribution is -0.158. The van der Waals surface area contributed by atoms with Gasteiger partial charge in [0.15, 0.2) is 6.10 Å². The Labute approximate surface area is 98.5 Å². The van der Waals surface area contributed by atoms with Gasteiger partial charge >= 0.3 is 5.97 Å². The van der Waals surface area contributed by atoms with Gasteiger partial charge in [-0.3, -0.25) is 4.79 Å². The summed E-state index contributed by atoms with van der Waals surface area (Å²) in [5.41, 5.74) is 0.510. The van der Waals surface area contributed by atoms with Gasteiger partial charge in [-0.15, -0.1) is 0 Å². The Bertz CT molecular complexity index is 402. The van der Waals surface area contributed by atoms with E-state index in [1.807, 2.05) is 0 Å². The van der Waals surface area contributed by atoms with Crippen molar-refractivity contribution in [1.82, 2.24) is 9.88 Å². The van der Waals surface area contributed by atoms with Gasteiger partial charge in [-0.2, -0.15) is 0 Å². The summed E-state index contributed by atoms with van der Waals surface area (Å²) in [6.07, 6.45) is 0.999. The molecular formula is C11H14N2O4. The average molecular weight is 238 g/mol. The summed E-state index contributed by atoms with van der Waals surface area (Å²) < 4.78 is 9.85. The van der Waals surface area contributed by atoms with Gasteiger partial charge in [0.1, 0.15) is 5.69 Å². The zero-order valence-electron chi connectivity index (χ0n) is 9.51. The molecule has 1 fully saturated rings. The molecule has 0 aliphatic carbocycles. The first-order valence-electron chi connectivity index (χ1n) is 5.34. The molecule has 1 amide bonds. The van der Waals surface area contributed by atoms with E-state index in [1.165, 1.54) is 7.11 Å². The molecule has 6 heteroatoms. The molecule has 1 atom stereocenters. The van der Waals surface area contributed by atoms with Crippen molar-refractivity contribution in [2.24, 2.45) is 0 Å². The third-order valence-corrected chi connectivity index (χ3v) is 2.65. The van der Waals surface area contributed by atoms with Crippen LogP contribution in [0.2, 0.25) is 0 Å². The van der Waals surface area contributed by atoms with Crippen LogP contribution in [0.25, 0.3) is 0 Å². The van der Waals surface area contributed by atoms with Crippen molar-refractivity contribution >= 4 is 11.9 Å². The van der Waals surface area contributed by atoms with Gasteiger partial charge in [0.25, 0.3) is 5.91 Å². The second kappa shape index (κ2) is 5.01. The number of hydrogen-bond acceptors (Lipinski definition) is 4. The summed E-state index contributed by atoms with van der Waals surface area (Å²) in [6, 6.07) is 3.45. The largest absolute Gasteiger partial charge is 0.467 e. The zero-order valence-corrected chi connectivity index (χ0v) is 9.51. The summed E-state index contributed by atoms with van der Waals surface area (Å²) in [5.74, 6) is -0.582. The fourth-order valence-electron chi connectivity index (χ4n) is 1.74. The molecule has 0 bridgehead atoms. The second-order valence-electron chi connectivity index (χ2n) is 3.72. The Morgan fingerprint density at radius 2 is 2.41 bits per heavy atom. The van der Waals surface area contributed by atoms with Gasteiger partial charge < -0.3 is 19.4 Å². The molecule has 1 aliphatic rings. The minimum absolute atomic E-state index is 0.132. The molecule has 1 saturated heterocycles. The topological polar surface area (TPSA) is 71.6 Å². The van der Waals surface area contributed by atoms with Crippen LogP contribution < -0.4 is 0 Å². The number of ether oxygens (including phenoxy) is 2. The van der Waals surface area contributed by atoms with Crippen molar-refractivity contribution in [3.8, 4) is 0 Å². The maximum atomic E-state index is 12.0. The van der Waals surface area contributed by atoms with E-state index in [1.54, 1.807) is 23.2 Å². The quantitative estimate of drug-likeness (QED) is 0.738. The first-order chi connectivity index (χ1) is 8.22. The van der Waals surface area contributed by atoms with Crippen LogP contribution in [-0.4, -0.2) is 54.7 Å². The third-order valence-electron chi connectivity index (χ3n) is 2.65. The van der Waals surface area contributed by atoms with Crippen LogP contribution in [0.3, 0.4) is 0 Å². The van der Waals surface area contributed by atoms with Crippen LogP contribution in [0.1, 0.15) is 10.5 Å². The maximum absolute atomic E-state index is 12.0. The summed E-state index contributed by atoms with van der Waals surface area (Å²) >= 11 is 0. The lowest BCUT2D eigenvalue weighted by Crippen LogP contribution is -2.49. The Hall–Kier alpha value is -1.82. The Morgan fingerprint density at radius 3 is 3.06 bits per heavy atom. The van der Waals surface area contributed by atoms with Crippen molar-refractivity contribution in [2.75, 3.05) is 26.8 Å². The SMILES string of the molecule is COC(=O)C1CN(C(=O)c2ccc[nH]2)CCO1. The van der Waals surface area contributed by atoms with Crippen LogP contribution in [0.15, 0.2) is 18.3 Å². The minimum atomic E-state index is -0.687. The lowest BCUT2D eigenvalue weighted by Gasteiger charge is -2.31. The number of H-pyrrole nitrogens is 1. The first-order valence-corrected chi connectivity index (χ1v) is 5.34. The molecule has 1 N–H and O–H groups in total. The molecule has 0 aromatic carbocycles. The highest BCUT2D eigenvalue weighted by molar-refractivity contribution is 5.93. The fraction of sp³-hybridized carbons (Fsp3) is 0.455. The van der Waals surface area contributed by atoms with Crippen LogP contribution >= 0.6 is 0 Å². The van der Waals surface area contributed by atoms with E-state index in [0.717, 1.165) is 0 Å². The van der Waals surface area contributed by atoms with Crippen molar-refractivity contribution in [3.05, 3.63) is 24.0 Å². The van der Waals surface area contributed by atoms with E-state index in [-0.39, 0.29) is 12.5 Å². The smallest absolute Gasteiger partial charge is 0.336 e. The van der Waals surface area contributed by atoms with Gasteiger partial charge in [0.2, 0.25) is 0 Å². The molecule has 2 heterocycles. The molecule has 6 nitrogen and oxygen atoms in total. The van der Waals surface area contributed by atoms with Crippen LogP contribution in [0.4, 0.5) is 0 Å². The first kappa shape index (κ1) is 11.7. The molecule has 1 aromatic rings. The molecule has 0 radical (unpaired) electrons. The molecule has 1 aliphatic heterocycles. The van der Waals surface area contributed by atoms with E-state index in [2.05, 4.69) is 9.72 Å². The predicted molar refractivity (Wildman–Crippen MR) is 58.5 cm³/mol. The van der Waals surface area contributed by atoms with Gasteiger partial charge in [-0.1, -0.05) is 0 Å². The number of aromatic nitrogens is 1. The van der Waals surface area contributed by atoms with E-state index in [0.29, 0.717) is 18.8 Å². The third kappa shape index (κ3) is 2.47. The van der Waals surface area contributed by atoms with Crippen molar-refractivity contribution < 1.29 is 19.1 Å². The number of carbonyl (C=O) groups is 2. The highest BCUT2D eigenvalue weighted by Crippen LogP contribution is 2.10. The van der Waals surface area contributed by atoms with Gasteiger partial charge in [0.05, 0.1) is 20.3 Å². The normalized spacial score (nSPS) is 20.1. The molecule has 0 saturated carbocycles. The van der Waals surface area contributed by atoms with Crippen LogP contribution in [-0.2, 0) is 14.3 Å². The van der Waals surface area contributed by atoms with E-state index in [4.69, 9.17) is 4.74 Å². The fourth-order valence-corrected chi connectivity index (χ4v) is 1.74. The number of morpholine rings is 1. The Morgan fingerprint density at radius 1 is 1.59 bits per heavy atom. The number of aromatic amines is 1. The van der Waals surface area contributed by atoms with Crippen LogP contribution in [0.5, 0.6) is 0 Å². The van der Waals surface area contributed by atoms with Crippen molar-refractivity contribution in [1.29, 1.82) is 0 Å².